The number of hydrogen-bond acceptors (Lipinski definition) is 3. The Kier molecular flexibility index (Phi) is 5.17. The molecule has 0 spiro atoms. The molecule has 2 N–H and O–H groups in total. The molecular formula is C21H23FN2O3. The average Bonchev–Trinajstić information content (AvgIpc) is 3.45. The number of carbonyl (C=O) groups excluding carboxylic acids is 2. The van der Waals surface area contributed by atoms with Gasteiger partial charge in [-0.1, -0.05) is 6.07 Å². The van der Waals surface area contributed by atoms with Crippen molar-refractivity contribution in [3.8, 4) is 5.75 Å². The molecule has 2 aromatic rings. The lowest BCUT2D eigenvalue weighted by Gasteiger charge is -2.26. The lowest BCUT2D eigenvalue weighted by molar-refractivity contribution is -0.128. The number of anilines is 2. The van der Waals surface area contributed by atoms with E-state index in [2.05, 4.69) is 10.6 Å². The van der Waals surface area contributed by atoms with Crippen LogP contribution in [0.2, 0.25) is 0 Å². The third-order valence-corrected chi connectivity index (χ3v) is 4.43. The molecule has 5 nitrogen and oxygen atoms in total. The Morgan fingerprint density at radius 3 is 2.37 bits per heavy atom. The molecule has 0 heterocycles. The topological polar surface area (TPSA) is 67.4 Å². The van der Waals surface area contributed by atoms with Gasteiger partial charge < -0.3 is 15.4 Å². The highest BCUT2D eigenvalue weighted by molar-refractivity contribution is 5.99. The Balaban J connectivity index is 1.69. The molecule has 0 unspecified atom stereocenters. The highest BCUT2D eigenvalue weighted by Crippen LogP contribution is 2.31. The van der Waals surface area contributed by atoms with E-state index in [1.807, 2.05) is 19.1 Å². The number of aryl methyl sites for hydroxylation is 1. The summed E-state index contributed by atoms with van der Waals surface area (Å²) in [7, 11) is 0. The van der Waals surface area contributed by atoms with Gasteiger partial charge in [0.2, 0.25) is 5.91 Å². The molecule has 0 saturated heterocycles. The van der Waals surface area contributed by atoms with Gasteiger partial charge in [0, 0.05) is 17.3 Å². The first kappa shape index (κ1) is 18.9. The van der Waals surface area contributed by atoms with Crippen molar-refractivity contribution >= 4 is 23.2 Å². The Hall–Kier alpha value is -2.89. The number of ether oxygens (including phenoxy) is 1. The van der Waals surface area contributed by atoms with Crippen LogP contribution < -0.4 is 15.4 Å². The second-order valence-electron chi connectivity index (χ2n) is 7.31. The van der Waals surface area contributed by atoms with Gasteiger partial charge in [0.15, 0.2) is 5.60 Å². The van der Waals surface area contributed by atoms with Crippen LogP contribution in [0, 0.1) is 18.7 Å². The van der Waals surface area contributed by atoms with E-state index < -0.39 is 5.60 Å². The van der Waals surface area contributed by atoms with Crippen molar-refractivity contribution in [2.45, 2.75) is 39.2 Å². The Morgan fingerprint density at radius 2 is 1.74 bits per heavy atom. The number of benzene rings is 2. The maximum atomic E-state index is 13.0. The number of hydrogen-bond donors (Lipinski definition) is 2. The molecule has 1 fully saturated rings. The van der Waals surface area contributed by atoms with E-state index in [0.29, 0.717) is 17.1 Å². The summed E-state index contributed by atoms with van der Waals surface area (Å²) in [6.07, 6.45) is 1.85. The average molecular weight is 370 g/mol. The van der Waals surface area contributed by atoms with E-state index in [0.717, 1.165) is 18.4 Å². The molecule has 1 aliphatic carbocycles. The summed E-state index contributed by atoms with van der Waals surface area (Å²) in [5.41, 5.74) is 0.942. The van der Waals surface area contributed by atoms with Gasteiger partial charge in [0.25, 0.3) is 5.91 Å². The first-order chi connectivity index (χ1) is 12.7. The van der Waals surface area contributed by atoms with Crippen molar-refractivity contribution in [2.75, 3.05) is 10.6 Å². The molecule has 0 aliphatic heterocycles. The second-order valence-corrected chi connectivity index (χ2v) is 7.31. The van der Waals surface area contributed by atoms with E-state index in [9.17, 15) is 14.0 Å². The van der Waals surface area contributed by atoms with E-state index in [1.165, 1.54) is 24.3 Å². The van der Waals surface area contributed by atoms with Crippen molar-refractivity contribution in [2.24, 2.45) is 5.92 Å². The number of amides is 2. The van der Waals surface area contributed by atoms with Crippen molar-refractivity contribution < 1.29 is 18.7 Å². The SMILES string of the molecule is Cc1ccc(NC(=O)C2CC2)cc1NC(=O)C(C)(C)Oc1ccc(F)cc1. The molecular weight excluding hydrogens is 347 g/mol. The molecule has 2 amide bonds. The van der Waals surface area contributed by atoms with Gasteiger partial charge in [-0.05, 0) is 75.6 Å². The first-order valence-corrected chi connectivity index (χ1v) is 8.92. The number of rotatable bonds is 6. The van der Waals surface area contributed by atoms with Crippen LogP contribution in [0.25, 0.3) is 0 Å². The van der Waals surface area contributed by atoms with Gasteiger partial charge in [-0.15, -0.1) is 0 Å². The van der Waals surface area contributed by atoms with Crippen LogP contribution in [-0.2, 0) is 9.59 Å². The molecule has 0 atom stereocenters. The van der Waals surface area contributed by atoms with E-state index in [-0.39, 0.29) is 23.5 Å². The molecule has 0 bridgehead atoms. The predicted molar refractivity (Wildman–Crippen MR) is 102 cm³/mol. The number of halogens is 1. The summed E-state index contributed by atoms with van der Waals surface area (Å²) >= 11 is 0. The monoisotopic (exact) mass is 370 g/mol. The Morgan fingerprint density at radius 1 is 1.07 bits per heavy atom. The van der Waals surface area contributed by atoms with Crippen LogP contribution in [0.15, 0.2) is 42.5 Å². The van der Waals surface area contributed by atoms with Gasteiger partial charge in [-0.25, -0.2) is 4.39 Å². The second kappa shape index (κ2) is 7.39. The van der Waals surface area contributed by atoms with Crippen molar-refractivity contribution in [1.29, 1.82) is 0 Å². The maximum Gasteiger partial charge on any atom is 0.267 e. The summed E-state index contributed by atoms with van der Waals surface area (Å²) in [5, 5.41) is 5.72. The van der Waals surface area contributed by atoms with E-state index in [1.54, 1.807) is 19.9 Å². The lowest BCUT2D eigenvalue weighted by Crippen LogP contribution is -2.42. The van der Waals surface area contributed by atoms with E-state index >= 15 is 0 Å². The van der Waals surface area contributed by atoms with E-state index in [4.69, 9.17) is 4.74 Å². The van der Waals surface area contributed by atoms with Gasteiger partial charge in [-0.2, -0.15) is 0 Å². The highest BCUT2D eigenvalue weighted by atomic mass is 19.1. The predicted octanol–water partition coefficient (Wildman–Crippen LogP) is 4.28. The molecule has 142 valence electrons. The quantitative estimate of drug-likeness (QED) is 0.798. The molecule has 0 aromatic heterocycles. The Bertz CT molecular complexity index is 858. The van der Waals surface area contributed by atoms with Crippen LogP contribution in [0.5, 0.6) is 5.75 Å². The lowest BCUT2D eigenvalue weighted by atomic mass is 10.1. The van der Waals surface area contributed by atoms with Gasteiger partial charge in [0.05, 0.1) is 0 Å². The maximum absolute atomic E-state index is 13.0. The minimum Gasteiger partial charge on any atom is -0.478 e. The van der Waals surface area contributed by atoms with Gasteiger partial charge in [0.1, 0.15) is 11.6 Å². The first-order valence-electron chi connectivity index (χ1n) is 8.92. The molecule has 1 aliphatic rings. The van der Waals surface area contributed by atoms with Crippen LogP contribution in [0.3, 0.4) is 0 Å². The zero-order chi connectivity index (χ0) is 19.6. The van der Waals surface area contributed by atoms with Gasteiger partial charge >= 0.3 is 0 Å². The molecule has 0 radical (unpaired) electrons. The van der Waals surface area contributed by atoms with Gasteiger partial charge in [-0.3, -0.25) is 9.59 Å². The summed E-state index contributed by atoms with van der Waals surface area (Å²) in [6.45, 7) is 5.15. The van der Waals surface area contributed by atoms with Crippen LogP contribution in [-0.4, -0.2) is 17.4 Å². The smallest absolute Gasteiger partial charge is 0.267 e. The third kappa shape index (κ3) is 4.84. The summed E-state index contributed by atoms with van der Waals surface area (Å²) in [4.78, 5) is 24.6. The third-order valence-electron chi connectivity index (χ3n) is 4.43. The summed E-state index contributed by atoms with van der Waals surface area (Å²) in [5.74, 6) is -0.201. The van der Waals surface area contributed by atoms with Crippen molar-refractivity contribution in [3.63, 3.8) is 0 Å². The standard InChI is InChI=1S/C21H23FN2O3/c1-13-4-9-16(23-19(25)14-5-6-14)12-18(13)24-20(26)21(2,3)27-17-10-7-15(22)8-11-17/h4,7-12,14H,5-6H2,1-3H3,(H,23,25)(H,24,26). The number of carbonyl (C=O) groups is 2. The fourth-order valence-corrected chi connectivity index (χ4v) is 2.54. The fraction of sp³-hybridized carbons (Fsp3) is 0.333. The summed E-state index contributed by atoms with van der Waals surface area (Å²) < 4.78 is 18.7. The molecule has 27 heavy (non-hydrogen) atoms. The summed E-state index contributed by atoms with van der Waals surface area (Å²) in [6, 6.07) is 10.9. The van der Waals surface area contributed by atoms with Crippen LogP contribution >= 0.6 is 0 Å². The molecule has 1 saturated carbocycles. The zero-order valence-electron chi connectivity index (χ0n) is 15.6. The molecule has 3 rings (SSSR count). The zero-order valence-corrected chi connectivity index (χ0v) is 15.6. The number of nitrogens with one attached hydrogen (secondary N) is 2. The molecule has 2 aromatic carbocycles. The van der Waals surface area contributed by atoms with Crippen LogP contribution in [0.1, 0.15) is 32.3 Å². The Labute approximate surface area is 157 Å². The highest BCUT2D eigenvalue weighted by Gasteiger charge is 2.31. The van der Waals surface area contributed by atoms with Crippen molar-refractivity contribution in [1.82, 2.24) is 0 Å². The van der Waals surface area contributed by atoms with Crippen molar-refractivity contribution in [3.05, 3.63) is 53.8 Å². The fourth-order valence-electron chi connectivity index (χ4n) is 2.54. The minimum atomic E-state index is -1.17. The largest absolute Gasteiger partial charge is 0.478 e. The molecule has 6 heteroatoms. The normalized spacial score (nSPS) is 13.8. The van der Waals surface area contributed by atoms with Crippen LogP contribution in [0.4, 0.5) is 15.8 Å². The minimum absolute atomic E-state index is 0.0103.